The van der Waals surface area contributed by atoms with Crippen molar-refractivity contribution in [3.05, 3.63) is 53.6 Å². The van der Waals surface area contributed by atoms with Crippen LogP contribution in [-0.2, 0) is 16.8 Å². The highest BCUT2D eigenvalue weighted by Gasteiger charge is 2.35. The van der Waals surface area contributed by atoms with E-state index in [4.69, 9.17) is 4.74 Å². The molecule has 0 atom stereocenters. The number of hydrogen-bond donors (Lipinski definition) is 1. The van der Waals surface area contributed by atoms with E-state index in [1.165, 1.54) is 14.0 Å². The molecule has 0 bridgehead atoms. The normalized spacial score (nSPS) is 14.6. The van der Waals surface area contributed by atoms with Gasteiger partial charge in [-0.3, -0.25) is 4.79 Å². The molecule has 0 spiro atoms. The van der Waals surface area contributed by atoms with Crippen molar-refractivity contribution in [1.29, 1.82) is 0 Å². The van der Waals surface area contributed by atoms with Gasteiger partial charge in [0.25, 0.3) is 0 Å². The Morgan fingerprint density at radius 3 is 2.24 bits per heavy atom. The first-order valence-corrected chi connectivity index (χ1v) is 11.7. The van der Waals surface area contributed by atoms with Crippen molar-refractivity contribution in [3.63, 3.8) is 0 Å². The number of rotatable bonds is 5. The number of hydrogen-bond acceptors (Lipinski definition) is 4. The Hall–Kier alpha value is -3.02. The van der Waals surface area contributed by atoms with Gasteiger partial charge in [0.2, 0.25) is 5.91 Å². The lowest BCUT2D eigenvalue weighted by molar-refractivity contribution is -0.116. The van der Waals surface area contributed by atoms with E-state index in [2.05, 4.69) is 0 Å². The molecule has 0 saturated heterocycles. The number of phenolic OH excluding ortho intramolecular Hbond substituents is 1. The summed E-state index contributed by atoms with van der Waals surface area (Å²) < 4.78 is 5.45. The van der Waals surface area contributed by atoms with E-state index >= 15 is 0 Å². The number of anilines is 1. The summed E-state index contributed by atoms with van der Waals surface area (Å²) in [4.78, 5) is 29.7. The van der Waals surface area contributed by atoms with Crippen LogP contribution in [0.25, 0.3) is 0 Å². The molecular formula is C27H36N2O4. The largest absolute Gasteiger partial charge is 0.505 e. The van der Waals surface area contributed by atoms with Gasteiger partial charge in [0.05, 0.1) is 12.8 Å². The maximum atomic E-state index is 14.0. The number of carbonyl (C=O) groups is 2. The van der Waals surface area contributed by atoms with Crippen molar-refractivity contribution in [2.24, 2.45) is 0 Å². The van der Waals surface area contributed by atoms with Crippen LogP contribution in [-0.4, -0.2) is 35.1 Å². The SMILES string of the molecule is COc1cc(N(C(C)=O)C(=O)N(Cc2ccccc2)C2CCCCC2)c(O)c(C(C)(C)C)c1. The molecule has 0 heterocycles. The van der Waals surface area contributed by atoms with E-state index in [9.17, 15) is 14.7 Å². The number of ether oxygens (including phenoxy) is 1. The van der Waals surface area contributed by atoms with Gasteiger partial charge in [-0.2, -0.15) is 0 Å². The summed E-state index contributed by atoms with van der Waals surface area (Å²) in [7, 11) is 1.53. The second kappa shape index (κ2) is 10.3. The van der Waals surface area contributed by atoms with Gasteiger partial charge in [0.15, 0.2) is 0 Å². The minimum atomic E-state index is -0.447. The van der Waals surface area contributed by atoms with Crippen LogP contribution in [0, 0.1) is 0 Å². The monoisotopic (exact) mass is 452 g/mol. The third-order valence-electron chi connectivity index (χ3n) is 6.31. The van der Waals surface area contributed by atoms with Crippen molar-refractivity contribution >= 4 is 17.6 Å². The minimum Gasteiger partial charge on any atom is -0.505 e. The number of benzene rings is 2. The van der Waals surface area contributed by atoms with Gasteiger partial charge in [-0.15, -0.1) is 0 Å². The molecule has 0 aliphatic heterocycles. The third kappa shape index (κ3) is 5.67. The van der Waals surface area contributed by atoms with Crippen LogP contribution in [0.3, 0.4) is 0 Å². The number of amides is 3. The van der Waals surface area contributed by atoms with Gasteiger partial charge in [-0.05, 0) is 29.9 Å². The summed E-state index contributed by atoms with van der Waals surface area (Å²) in [5.74, 6) is -0.0357. The molecule has 1 saturated carbocycles. The predicted molar refractivity (Wildman–Crippen MR) is 131 cm³/mol. The van der Waals surface area contributed by atoms with Gasteiger partial charge >= 0.3 is 6.03 Å². The summed E-state index contributed by atoms with van der Waals surface area (Å²) in [6.07, 6.45) is 5.08. The molecule has 0 aromatic heterocycles. The Balaban J connectivity index is 2.08. The molecule has 1 aliphatic rings. The molecule has 1 aliphatic carbocycles. The Kier molecular flexibility index (Phi) is 7.67. The molecule has 0 unspecified atom stereocenters. The first kappa shape index (κ1) is 24.6. The van der Waals surface area contributed by atoms with Crippen LogP contribution in [0.1, 0.15) is 70.9 Å². The predicted octanol–water partition coefficient (Wildman–Crippen LogP) is 6.01. The number of nitrogens with zero attached hydrogens (tertiary/aromatic N) is 2. The molecule has 6 heteroatoms. The zero-order chi connectivity index (χ0) is 24.2. The van der Waals surface area contributed by atoms with Gasteiger partial charge in [0.1, 0.15) is 11.5 Å². The fourth-order valence-corrected chi connectivity index (χ4v) is 4.51. The molecule has 2 aromatic rings. The highest BCUT2D eigenvalue weighted by atomic mass is 16.5. The lowest BCUT2D eigenvalue weighted by atomic mass is 9.85. The highest BCUT2D eigenvalue weighted by Crippen LogP contribution is 2.42. The Bertz CT molecular complexity index is 976. The van der Waals surface area contributed by atoms with Gasteiger partial charge in [0, 0.05) is 31.1 Å². The Morgan fingerprint density at radius 1 is 1.06 bits per heavy atom. The van der Waals surface area contributed by atoms with Crippen molar-refractivity contribution < 1.29 is 19.4 Å². The molecule has 178 valence electrons. The lowest BCUT2D eigenvalue weighted by Crippen LogP contribution is -2.50. The van der Waals surface area contributed by atoms with Gasteiger partial charge in [-0.25, -0.2) is 9.69 Å². The van der Waals surface area contributed by atoms with Gasteiger partial charge in [-0.1, -0.05) is 70.4 Å². The van der Waals surface area contributed by atoms with E-state index in [1.807, 2.05) is 51.1 Å². The van der Waals surface area contributed by atoms with Crippen molar-refractivity contribution in [1.82, 2.24) is 4.90 Å². The van der Waals surface area contributed by atoms with E-state index in [0.29, 0.717) is 17.9 Å². The summed E-state index contributed by atoms with van der Waals surface area (Å²) >= 11 is 0. The lowest BCUT2D eigenvalue weighted by Gasteiger charge is -2.37. The standard InChI is InChI=1S/C27H36N2O4/c1-19(30)29(24-17-22(33-5)16-23(25(24)31)27(2,3)4)26(32)28(21-14-10-7-11-15-21)18-20-12-8-6-9-13-20/h6,8-9,12-13,16-17,21,31H,7,10-11,14-15,18H2,1-5H3. The first-order chi connectivity index (χ1) is 15.6. The molecule has 2 aromatic carbocycles. The molecule has 33 heavy (non-hydrogen) atoms. The van der Waals surface area contributed by atoms with Crippen molar-refractivity contribution in [2.75, 3.05) is 12.0 Å². The smallest absolute Gasteiger partial charge is 0.332 e. The first-order valence-electron chi connectivity index (χ1n) is 11.7. The molecular weight excluding hydrogens is 416 g/mol. The summed E-state index contributed by atoms with van der Waals surface area (Å²) in [6.45, 7) is 7.67. The van der Waals surface area contributed by atoms with Crippen LogP contribution < -0.4 is 9.64 Å². The van der Waals surface area contributed by atoms with Crippen molar-refractivity contribution in [3.8, 4) is 11.5 Å². The number of imide groups is 1. The quantitative estimate of drug-likeness (QED) is 0.603. The fraction of sp³-hybridized carbons (Fsp3) is 0.481. The van der Waals surface area contributed by atoms with Crippen LogP contribution in [0.4, 0.5) is 10.5 Å². The third-order valence-corrected chi connectivity index (χ3v) is 6.31. The molecule has 6 nitrogen and oxygen atoms in total. The average Bonchev–Trinajstić information content (AvgIpc) is 2.79. The zero-order valence-electron chi connectivity index (χ0n) is 20.4. The molecule has 1 fully saturated rings. The highest BCUT2D eigenvalue weighted by molar-refractivity contribution is 6.14. The number of carbonyl (C=O) groups excluding carboxylic acids is 2. The summed E-state index contributed by atoms with van der Waals surface area (Å²) in [5, 5.41) is 11.2. The summed E-state index contributed by atoms with van der Waals surface area (Å²) in [6, 6.07) is 12.8. The number of methoxy groups -OCH3 is 1. The van der Waals surface area contributed by atoms with E-state index < -0.39 is 17.4 Å². The molecule has 3 amide bonds. The molecule has 1 N–H and O–H groups in total. The summed E-state index contributed by atoms with van der Waals surface area (Å²) in [5.41, 5.74) is 1.37. The number of phenols is 1. The van der Waals surface area contributed by atoms with Crippen molar-refractivity contribution in [2.45, 2.75) is 77.8 Å². The number of urea groups is 1. The molecule has 0 radical (unpaired) electrons. The van der Waals surface area contributed by atoms with E-state index in [-0.39, 0.29) is 17.5 Å². The van der Waals surface area contributed by atoms with Crippen LogP contribution >= 0.6 is 0 Å². The maximum absolute atomic E-state index is 14.0. The van der Waals surface area contributed by atoms with E-state index in [1.54, 1.807) is 17.0 Å². The topological polar surface area (TPSA) is 70.1 Å². The van der Waals surface area contributed by atoms with Crippen LogP contribution in [0.15, 0.2) is 42.5 Å². The fourth-order valence-electron chi connectivity index (χ4n) is 4.51. The Labute approximate surface area is 197 Å². The zero-order valence-corrected chi connectivity index (χ0v) is 20.4. The average molecular weight is 453 g/mol. The Morgan fingerprint density at radius 2 is 1.70 bits per heavy atom. The maximum Gasteiger partial charge on any atom is 0.332 e. The second-order valence-electron chi connectivity index (χ2n) is 9.84. The van der Waals surface area contributed by atoms with Gasteiger partial charge < -0.3 is 14.7 Å². The molecule has 3 rings (SSSR count). The van der Waals surface area contributed by atoms with Crippen LogP contribution in [0.5, 0.6) is 11.5 Å². The van der Waals surface area contributed by atoms with E-state index in [0.717, 1.165) is 42.6 Å². The number of aromatic hydroxyl groups is 1. The minimum absolute atomic E-state index is 0.0446. The second-order valence-corrected chi connectivity index (χ2v) is 9.84. The van der Waals surface area contributed by atoms with Crippen LogP contribution in [0.2, 0.25) is 0 Å².